The monoisotopic (exact) mass is 223 g/mol. The van der Waals surface area contributed by atoms with Gasteiger partial charge < -0.3 is 10.1 Å². The summed E-state index contributed by atoms with van der Waals surface area (Å²) in [5.74, 6) is 6.94. The van der Waals surface area contributed by atoms with Crippen molar-refractivity contribution >= 4 is 0 Å². The van der Waals surface area contributed by atoms with Crippen LogP contribution in [0.15, 0.2) is 0 Å². The number of hydrogen-bond acceptors (Lipinski definition) is 2. The molecule has 0 bridgehead atoms. The third-order valence-electron chi connectivity index (χ3n) is 3.25. The molecule has 1 aliphatic rings. The van der Waals surface area contributed by atoms with Crippen molar-refractivity contribution in [3.63, 3.8) is 0 Å². The van der Waals surface area contributed by atoms with E-state index in [1.165, 1.54) is 25.7 Å². The first kappa shape index (κ1) is 13.5. The zero-order valence-electron chi connectivity index (χ0n) is 10.7. The van der Waals surface area contributed by atoms with Gasteiger partial charge in [-0.05, 0) is 45.1 Å². The Hall–Kier alpha value is -0.520. The first-order chi connectivity index (χ1) is 7.88. The first-order valence-electron chi connectivity index (χ1n) is 6.59. The third kappa shape index (κ3) is 5.01. The quantitative estimate of drug-likeness (QED) is 0.699. The van der Waals surface area contributed by atoms with Crippen molar-refractivity contribution in [3.05, 3.63) is 0 Å². The van der Waals surface area contributed by atoms with Crippen molar-refractivity contribution in [3.8, 4) is 11.8 Å². The van der Waals surface area contributed by atoms with Crippen molar-refractivity contribution in [1.82, 2.24) is 5.32 Å². The lowest BCUT2D eigenvalue weighted by molar-refractivity contribution is 0.0528. The van der Waals surface area contributed by atoms with Crippen molar-refractivity contribution < 1.29 is 4.74 Å². The van der Waals surface area contributed by atoms with Gasteiger partial charge in [0.2, 0.25) is 0 Å². The van der Waals surface area contributed by atoms with Crippen LogP contribution in [0.3, 0.4) is 0 Å². The number of nitrogens with one attached hydrogen (secondary N) is 1. The summed E-state index contributed by atoms with van der Waals surface area (Å²) in [4.78, 5) is 0. The van der Waals surface area contributed by atoms with E-state index in [-0.39, 0.29) is 0 Å². The van der Waals surface area contributed by atoms with E-state index in [1.54, 1.807) is 0 Å². The minimum absolute atomic E-state index is 0.643. The summed E-state index contributed by atoms with van der Waals surface area (Å²) in [6.45, 7) is 7.15. The number of hydrogen-bond donors (Lipinski definition) is 1. The van der Waals surface area contributed by atoms with Crippen molar-refractivity contribution in [2.24, 2.45) is 5.92 Å². The Kier molecular flexibility index (Phi) is 7.29. The Morgan fingerprint density at radius 1 is 1.38 bits per heavy atom. The molecule has 1 rings (SSSR count). The lowest BCUT2D eigenvalue weighted by atomic mass is 9.89. The minimum Gasteiger partial charge on any atom is -0.381 e. The van der Waals surface area contributed by atoms with Crippen molar-refractivity contribution in [1.29, 1.82) is 0 Å². The molecule has 0 saturated carbocycles. The molecule has 0 spiro atoms. The number of rotatable bonds is 6. The van der Waals surface area contributed by atoms with Gasteiger partial charge in [0, 0.05) is 25.7 Å². The van der Waals surface area contributed by atoms with E-state index in [0.717, 1.165) is 32.1 Å². The average Bonchev–Trinajstić information content (AvgIpc) is 2.35. The molecule has 0 aromatic rings. The Morgan fingerprint density at radius 2 is 2.12 bits per heavy atom. The SMILES string of the molecule is CC#CCCC(NCCC)C1CCOCC1. The summed E-state index contributed by atoms with van der Waals surface area (Å²) < 4.78 is 5.42. The Balaban J connectivity index is 2.36. The lowest BCUT2D eigenvalue weighted by Gasteiger charge is -2.30. The van der Waals surface area contributed by atoms with Crippen LogP contribution in [0, 0.1) is 17.8 Å². The van der Waals surface area contributed by atoms with Gasteiger partial charge in [-0.2, -0.15) is 0 Å². The van der Waals surface area contributed by atoms with E-state index in [9.17, 15) is 0 Å². The summed E-state index contributed by atoms with van der Waals surface area (Å²) in [7, 11) is 0. The minimum atomic E-state index is 0.643. The molecule has 1 aliphatic heterocycles. The van der Waals surface area contributed by atoms with Gasteiger partial charge in [-0.1, -0.05) is 6.92 Å². The lowest BCUT2D eigenvalue weighted by Crippen LogP contribution is -2.39. The molecule has 1 fully saturated rings. The maximum Gasteiger partial charge on any atom is 0.0469 e. The molecule has 0 amide bonds. The van der Waals surface area contributed by atoms with Gasteiger partial charge in [0.05, 0.1) is 0 Å². The molecule has 1 heterocycles. The molecule has 1 saturated heterocycles. The van der Waals surface area contributed by atoms with Crippen LogP contribution in [-0.2, 0) is 4.74 Å². The molecule has 1 N–H and O–H groups in total. The van der Waals surface area contributed by atoms with Crippen molar-refractivity contribution in [2.75, 3.05) is 19.8 Å². The highest BCUT2D eigenvalue weighted by Gasteiger charge is 2.22. The highest BCUT2D eigenvalue weighted by atomic mass is 16.5. The molecule has 1 atom stereocenters. The van der Waals surface area contributed by atoms with Gasteiger partial charge in [-0.25, -0.2) is 0 Å². The molecule has 0 radical (unpaired) electrons. The largest absolute Gasteiger partial charge is 0.381 e. The molecule has 0 aromatic heterocycles. The summed E-state index contributed by atoms with van der Waals surface area (Å²) in [6, 6.07) is 0.643. The normalized spacial score (nSPS) is 18.9. The van der Waals surface area contributed by atoms with E-state index >= 15 is 0 Å². The van der Waals surface area contributed by atoms with E-state index in [1.807, 2.05) is 6.92 Å². The fourth-order valence-electron chi connectivity index (χ4n) is 2.31. The van der Waals surface area contributed by atoms with Crippen LogP contribution >= 0.6 is 0 Å². The predicted molar refractivity (Wildman–Crippen MR) is 68.3 cm³/mol. The zero-order valence-corrected chi connectivity index (χ0v) is 10.7. The zero-order chi connectivity index (χ0) is 11.6. The van der Waals surface area contributed by atoms with Crippen LogP contribution in [0.2, 0.25) is 0 Å². The fraction of sp³-hybridized carbons (Fsp3) is 0.857. The summed E-state index contributed by atoms with van der Waals surface area (Å²) >= 11 is 0. The van der Waals surface area contributed by atoms with Gasteiger partial charge in [0.25, 0.3) is 0 Å². The van der Waals surface area contributed by atoms with Crippen LogP contribution in [0.4, 0.5) is 0 Å². The average molecular weight is 223 g/mol. The molecule has 92 valence electrons. The molecule has 2 heteroatoms. The van der Waals surface area contributed by atoms with E-state index in [0.29, 0.717) is 6.04 Å². The van der Waals surface area contributed by atoms with Gasteiger partial charge >= 0.3 is 0 Å². The summed E-state index contributed by atoms with van der Waals surface area (Å²) in [6.07, 6.45) is 5.84. The van der Waals surface area contributed by atoms with E-state index < -0.39 is 0 Å². The van der Waals surface area contributed by atoms with Gasteiger partial charge in [0.15, 0.2) is 0 Å². The summed E-state index contributed by atoms with van der Waals surface area (Å²) in [5, 5.41) is 3.67. The second-order valence-electron chi connectivity index (χ2n) is 4.48. The molecular formula is C14H25NO. The Morgan fingerprint density at radius 3 is 2.75 bits per heavy atom. The summed E-state index contributed by atoms with van der Waals surface area (Å²) in [5.41, 5.74) is 0. The fourth-order valence-corrected chi connectivity index (χ4v) is 2.31. The van der Waals surface area contributed by atoms with Gasteiger partial charge in [-0.3, -0.25) is 0 Å². The van der Waals surface area contributed by atoms with Crippen LogP contribution in [-0.4, -0.2) is 25.8 Å². The van der Waals surface area contributed by atoms with Crippen LogP contribution < -0.4 is 5.32 Å². The standard InChI is InChI=1S/C14H25NO/c1-3-5-6-7-14(15-10-4-2)13-8-11-16-12-9-13/h13-15H,4,6-12H2,1-2H3. The maximum atomic E-state index is 5.42. The molecular weight excluding hydrogens is 198 g/mol. The third-order valence-corrected chi connectivity index (χ3v) is 3.25. The second-order valence-corrected chi connectivity index (χ2v) is 4.48. The topological polar surface area (TPSA) is 21.3 Å². The smallest absolute Gasteiger partial charge is 0.0469 e. The van der Waals surface area contributed by atoms with Gasteiger partial charge in [-0.15, -0.1) is 11.8 Å². The molecule has 0 aromatic carbocycles. The Labute approximate surface area is 100 Å². The van der Waals surface area contributed by atoms with Crippen LogP contribution in [0.1, 0.15) is 46.0 Å². The van der Waals surface area contributed by atoms with Crippen molar-refractivity contribution in [2.45, 2.75) is 52.0 Å². The van der Waals surface area contributed by atoms with Gasteiger partial charge in [0.1, 0.15) is 0 Å². The molecule has 0 aliphatic carbocycles. The van der Waals surface area contributed by atoms with E-state index in [2.05, 4.69) is 24.1 Å². The molecule has 16 heavy (non-hydrogen) atoms. The van der Waals surface area contributed by atoms with Crippen LogP contribution in [0.25, 0.3) is 0 Å². The molecule has 1 unspecified atom stereocenters. The Bertz CT molecular complexity index is 223. The number of ether oxygens (including phenoxy) is 1. The maximum absolute atomic E-state index is 5.42. The predicted octanol–water partition coefficient (Wildman–Crippen LogP) is 2.58. The highest BCUT2D eigenvalue weighted by Crippen LogP contribution is 2.21. The van der Waals surface area contributed by atoms with Crippen LogP contribution in [0.5, 0.6) is 0 Å². The first-order valence-corrected chi connectivity index (χ1v) is 6.59. The van der Waals surface area contributed by atoms with E-state index in [4.69, 9.17) is 4.74 Å². The highest BCUT2D eigenvalue weighted by molar-refractivity contribution is 4.96. The second kappa shape index (κ2) is 8.61. The molecule has 2 nitrogen and oxygen atoms in total.